The predicted molar refractivity (Wildman–Crippen MR) is 186 cm³/mol. The van der Waals surface area contributed by atoms with E-state index in [1.807, 2.05) is 44.2 Å². The molecule has 11 heteroatoms. The highest BCUT2D eigenvalue weighted by Gasteiger charge is 2.53. The van der Waals surface area contributed by atoms with E-state index in [2.05, 4.69) is 15.5 Å². The SMILES string of the molecule is CCC(CC)(C(=O)OCc1ccccc1)[C@H]1CC[C@@H](c2cccc(F)c2)N1C(=O)[C@@H](C)NC(=O)c1ccc(Cc2cc(C)n[nH]c2=O)c(O)c1. The van der Waals surface area contributed by atoms with E-state index in [0.29, 0.717) is 48.1 Å². The molecule has 4 aromatic rings. The second kappa shape index (κ2) is 15.5. The first-order chi connectivity index (χ1) is 24.0. The number of ether oxygens (including phenoxy) is 1. The van der Waals surface area contributed by atoms with E-state index in [4.69, 9.17) is 4.74 Å². The first-order valence-corrected chi connectivity index (χ1v) is 16.9. The molecule has 3 atom stereocenters. The Balaban J connectivity index is 1.39. The Morgan fingerprint density at radius 3 is 2.44 bits per heavy atom. The van der Waals surface area contributed by atoms with Crippen molar-refractivity contribution in [2.75, 3.05) is 0 Å². The summed E-state index contributed by atoms with van der Waals surface area (Å²) in [5, 5.41) is 19.8. The second-order valence-corrected chi connectivity index (χ2v) is 12.9. The molecule has 1 aliphatic heterocycles. The number of amides is 2. The minimum atomic E-state index is -1.05. The molecule has 1 fully saturated rings. The molecule has 0 bridgehead atoms. The number of aromatic hydroxyl groups is 1. The van der Waals surface area contributed by atoms with Crippen molar-refractivity contribution in [3.63, 3.8) is 0 Å². The average molecular weight is 683 g/mol. The van der Waals surface area contributed by atoms with Crippen molar-refractivity contribution >= 4 is 17.8 Å². The van der Waals surface area contributed by atoms with Crippen LogP contribution in [0.15, 0.2) is 83.7 Å². The summed E-state index contributed by atoms with van der Waals surface area (Å²) >= 11 is 0. The highest BCUT2D eigenvalue weighted by Crippen LogP contribution is 2.47. The Kier molecular flexibility index (Phi) is 11.1. The molecule has 0 saturated carbocycles. The summed E-state index contributed by atoms with van der Waals surface area (Å²) in [4.78, 5) is 55.7. The van der Waals surface area contributed by atoms with E-state index in [0.717, 1.165) is 5.56 Å². The first-order valence-electron chi connectivity index (χ1n) is 16.9. The van der Waals surface area contributed by atoms with Crippen LogP contribution < -0.4 is 10.9 Å². The van der Waals surface area contributed by atoms with Gasteiger partial charge in [-0.1, -0.05) is 62.4 Å². The van der Waals surface area contributed by atoms with Crippen LogP contribution in [0.1, 0.15) is 90.8 Å². The lowest BCUT2D eigenvalue weighted by molar-refractivity contribution is -0.164. The van der Waals surface area contributed by atoms with E-state index in [-0.39, 0.29) is 29.9 Å². The predicted octanol–water partition coefficient (Wildman–Crippen LogP) is 5.91. The van der Waals surface area contributed by atoms with Crippen molar-refractivity contribution in [3.05, 3.63) is 129 Å². The maximum atomic E-state index is 14.5. The van der Waals surface area contributed by atoms with Gasteiger partial charge in [-0.25, -0.2) is 9.49 Å². The molecule has 0 spiro atoms. The van der Waals surface area contributed by atoms with Gasteiger partial charge in [0.2, 0.25) is 5.91 Å². The smallest absolute Gasteiger partial charge is 0.314 e. The number of likely N-dealkylation sites (tertiary alicyclic amines) is 1. The molecule has 0 radical (unpaired) electrons. The monoisotopic (exact) mass is 682 g/mol. The molecular weight excluding hydrogens is 639 g/mol. The summed E-state index contributed by atoms with van der Waals surface area (Å²) in [6.07, 6.45) is 1.90. The summed E-state index contributed by atoms with van der Waals surface area (Å²) in [7, 11) is 0. The maximum Gasteiger partial charge on any atom is 0.314 e. The number of esters is 1. The molecule has 5 rings (SSSR count). The summed E-state index contributed by atoms with van der Waals surface area (Å²) in [6, 6.07) is 19.3. The van der Waals surface area contributed by atoms with Crippen LogP contribution in [0, 0.1) is 18.2 Å². The zero-order valence-electron chi connectivity index (χ0n) is 28.7. The Morgan fingerprint density at radius 2 is 1.76 bits per heavy atom. The molecule has 1 aromatic heterocycles. The number of aromatic amines is 1. The van der Waals surface area contributed by atoms with Crippen LogP contribution in [0.2, 0.25) is 0 Å². The van der Waals surface area contributed by atoms with E-state index < -0.39 is 47.1 Å². The normalized spacial score (nSPS) is 16.5. The van der Waals surface area contributed by atoms with Gasteiger partial charge in [-0.15, -0.1) is 0 Å². The minimum Gasteiger partial charge on any atom is -0.508 e. The number of phenols is 1. The third-order valence-electron chi connectivity index (χ3n) is 9.85. The number of hydrogen-bond acceptors (Lipinski definition) is 7. The number of benzene rings is 3. The van der Waals surface area contributed by atoms with Crippen LogP contribution in [0.5, 0.6) is 5.75 Å². The number of aromatic nitrogens is 2. The van der Waals surface area contributed by atoms with Gasteiger partial charge in [0.25, 0.3) is 11.5 Å². The number of phenolic OH excluding ortho intramolecular Hbond substituents is 1. The van der Waals surface area contributed by atoms with Crippen molar-refractivity contribution in [1.82, 2.24) is 20.4 Å². The van der Waals surface area contributed by atoms with Crippen LogP contribution in [-0.4, -0.2) is 50.1 Å². The quantitative estimate of drug-likeness (QED) is 0.158. The van der Waals surface area contributed by atoms with Crippen LogP contribution >= 0.6 is 0 Å². The van der Waals surface area contributed by atoms with Gasteiger partial charge in [-0.3, -0.25) is 19.2 Å². The Labute approximate surface area is 290 Å². The Hall–Kier alpha value is -5.32. The number of carbonyl (C=O) groups excluding carboxylic acids is 3. The van der Waals surface area contributed by atoms with E-state index >= 15 is 0 Å². The van der Waals surface area contributed by atoms with Gasteiger partial charge in [0, 0.05) is 23.6 Å². The number of halogens is 1. The highest BCUT2D eigenvalue weighted by molar-refractivity contribution is 5.98. The molecule has 3 aromatic carbocycles. The van der Waals surface area contributed by atoms with Gasteiger partial charge in [0.05, 0.1) is 17.2 Å². The van der Waals surface area contributed by atoms with E-state index in [9.17, 15) is 28.7 Å². The fourth-order valence-corrected chi connectivity index (χ4v) is 7.03. The minimum absolute atomic E-state index is 0.0895. The molecule has 1 aliphatic rings. The van der Waals surface area contributed by atoms with Crippen molar-refractivity contribution in [2.45, 2.75) is 84.5 Å². The molecule has 1 saturated heterocycles. The maximum absolute atomic E-state index is 14.5. The molecule has 50 heavy (non-hydrogen) atoms. The summed E-state index contributed by atoms with van der Waals surface area (Å²) in [5.41, 5.74) is 1.61. The number of aryl methyl sites for hydroxylation is 1. The molecule has 2 amide bonds. The number of nitrogens with zero attached hydrogens (tertiary/aromatic N) is 2. The van der Waals surface area contributed by atoms with E-state index in [1.54, 1.807) is 43.0 Å². The second-order valence-electron chi connectivity index (χ2n) is 12.9. The number of carbonyl (C=O) groups is 3. The van der Waals surface area contributed by atoms with Gasteiger partial charge in [0.1, 0.15) is 24.2 Å². The first kappa shape index (κ1) is 36.0. The third kappa shape index (κ3) is 7.61. The molecule has 2 heterocycles. The summed E-state index contributed by atoms with van der Waals surface area (Å²) in [5.74, 6) is -2.05. The molecule has 10 nitrogen and oxygen atoms in total. The topological polar surface area (TPSA) is 142 Å². The fraction of sp³-hybridized carbons (Fsp3) is 0.359. The van der Waals surface area contributed by atoms with Crippen LogP contribution in [0.25, 0.3) is 0 Å². The van der Waals surface area contributed by atoms with Crippen molar-refractivity contribution in [1.29, 1.82) is 0 Å². The molecule has 0 unspecified atom stereocenters. The number of nitrogens with one attached hydrogen (secondary N) is 2. The summed E-state index contributed by atoms with van der Waals surface area (Å²) in [6.45, 7) is 7.20. The lowest BCUT2D eigenvalue weighted by atomic mass is 9.74. The van der Waals surface area contributed by atoms with E-state index in [1.165, 1.54) is 24.3 Å². The van der Waals surface area contributed by atoms with Crippen LogP contribution in [0.4, 0.5) is 4.39 Å². The Morgan fingerprint density at radius 1 is 1.02 bits per heavy atom. The summed E-state index contributed by atoms with van der Waals surface area (Å²) < 4.78 is 20.3. The van der Waals surface area contributed by atoms with Gasteiger partial charge >= 0.3 is 5.97 Å². The van der Waals surface area contributed by atoms with Gasteiger partial charge in [-0.2, -0.15) is 5.10 Å². The lowest BCUT2D eigenvalue weighted by Gasteiger charge is -2.43. The third-order valence-corrected chi connectivity index (χ3v) is 9.85. The lowest BCUT2D eigenvalue weighted by Crippen LogP contribution is -2.56. The van der Waals surface area contributed by atoms with Crippen molar-refractivity contribution in [3.8, 4) is 5.75 Å². The number of hydrogen-bond donors (Lipinski definition) is 3. The van der Waals surface area contributed by atoms with Gasteiger partial charge < -0.3 is 20.1 Å². The molecule has 3 N–H and O–H groups in total. The molecular formula is C39H43FN4O6. The fourth-order valence-electron chi connectivity index (χ4n) is 7.03. The van der Waals surface area contributed by atoms with Gasteiger partial charge in [-0.05, 0) is 86.6 Å². The zero-order chi connectivity index (χ0) is 36.0. The van der Waals surface area contributed by atoms with Crippen molar-refractivity contribution in [2.24, 2.45) is 5.41 Å². The molecule has 0 aliphatic carbocycles. The number of rotatable bonds is 12. The zero-order valence-corrected chi connectivity index (χ0v) is 28.7. The largest absolute Gasteiger partial charge is 0.508 e. The van der Waals surface area contributed by atoms with Crippen LogP contribution in [-0.2, 0) is 27.4 Å². The van der Waals surface area contributed by atoms with Gasteiger partial charge in [0.15, 0.2) is 0 Å². The van der Waals surface area contributed by atoms with Crippen molar-refractivity contribution < 1.29 is 28.6 Å². The standard InChI is InChI=1S/C39H43FN4O6/c1-5-39(6-2,38(49)50-23-26-11-8-7-9-12-26)34-18-17-32(27-13-10-14-31(40)21-27)44(34)37(48)25(4)41-35(46)29-16-15-28(33(45)22-29)20-30-19-24(3)42-43-36(30)47/h7-16,19,21-22,25,32,34,45H,5-6,17-18,20,23H2,1-4H3,(H,41,46)(H,43,47)/t25-,32+,34-/m1/s1. The molecule has 262 valence electrons. The Bertz CT molecular complexity index is 1910. The number of H-pyrrole nitrogens is 1. The van der Waals surface area contributed by atoms with Crippen LogP contribution in [0.3, 0.4) is 0 Å². The average Bonchev–Trinajstić information content (AvgIpc) is 3.56. The highest BCUT2D eigenvalue weighted by atomic mass is 19.1.